The summed E-state index contributed by atoms with van der Waals surface area (Å²) >= 11 is 0. The molecule has 0 aliphatic carbocycles. The predicted molar refractivity (Wildman–Crippen MR) is 107 cm³/mol. The molecule has 0 radical (unpaired) electrons. The van der Waals surface area contributed by atoms with E-state index in [1.807, 2.05) is 54.6 Å². The molecule has 0 amide bonds. The van der Waals surface area contributed by atoms with E-state index in [0.29, 0.717) is 17.1 Å². The van der Waals surface area contributed by atoms with E-state index in [1.54, 1.807) is 31.4 Å². The average Bonchev–Trinajstić information content (AvgIpc) is 2.72. The first-order chi connectivity index (χ1) is 13.1. The molecule has 4 nitrogen and oxygen atoms in total. The van der Waals surface area contributed by atoms with Crippen LogP contribution < -0.4 is 9.47 Å². The van der Waals surface area contributed by atoms with E-state index in [0.717, 1.165) is 16.7 Å². The molecule has 0 aliphatic heterocycles. The highest BCUT2D eigenvalue weighted by Gasteiger charge is 2.14. The Kier molecular flexibility index (Phi) is 5.57. The van der Waals surface area contributed by atoms with Gasteiger partial charge in [0.25, 0.3) is 0 Å². The first-order valence-electron chi connectivity index (χ1n) is 8.45. The Hall–Kier alpha value is -3.53. The molecule has 3 rings (SSSR count). The molecule has 3 aromatic rings. The van der Waals surface area contributed by atoms with Gasteiger partial charge in [-0.15, -0.1) is 0 Å². The van der Waals surface area contributed by atoms with Crippen molar-refractivity contribution in [3.8, 4) is 22.6 Å². The third-order valence-corrected chi connectivity index (χ3v) is 4.25. The fourth-order valence-electron chi connectivity index (χ4n) is 2.84. The van der Waals surface area contributed by atoms with Gasteiger partial charge in [-0.05, 0) is 40.5 Å². The Morgan fingerprint density at radius 2 is 1.44 bits per heavy atom. The minimum Gasteiger partial charge on any atom is -0.493 e. The van der Waals surface area contributed by atoms with E-state index < -0.39 is 5.97 Å². The normalized spacial score (nSPS) is 11.1. The number of benzene rings is 3. The van der Waals surface area contributed by atoms with Crippen molar-refractivity contribution in [3.05, 3.63) is 83.9 Å². The lowest BCUT2D eigenvalue weighted by Crippen LogP contribution is -2.01. The summed E-state index contributed by atoms with van der Waals surface area (Å²) in [6.45, 7) is 0. The molecule has 27 heavy (non-hydrogen) atoms. The number of carbonyl (C=O) groups is 1. The second kappa shape index (κ2) is 8.23. The molecule has 0 aromatic heterocycles. The van der Waals surface area contributed by atoms with Crippen molar-refractivity contribution in [2.24, 2.45) is 0 Å². The van der Waals surface area contributed by atoms with Crippen LogP contribution >= 0.6 is 0 Å². The first-order valence-corrected chi connectivity index (χ1v) is 8.45. The van der Waals surface area contributed by atoms with Crippen LogP contribution in [0.2, 0.25) is 0 Å². The Labute approximate surface area is 158 Å². The molecule has 0 unspecified atom stereocenters. The molecular formula is C23H20O4. The number of methoxy groups -OCH3 is 2. The highest BCUT2D eigenvalue weighted by atomic mass is 16.5. The van der Waals surface area contributed by atoms with Gasteiger partial charge in [0.2, 0.25) is 0 Å². The van der Waals surface area contributed by atoms with Crippen LogP contribution in [-0.2, 0) is 4.79 Å². The first kappa shape index (κ1) is 18.3. The fraction of sp³-hybridized carbons (Fsp3) is 0.0870. The lowest BCUT2D eigenvalue weighted by Gasteiger charge is -2.10. The SMILES string of the molecule is COc1ccc(/C(=C\c2ccc(-c3ccccc3)cc2)C(=O)O)cc1OC. The Balaban J connectivity index is 1.96. The molecule has 1 N–H and O–H groups in total. The Bertz CT molecular complexity index is 957. The van der Waals surface area contributed by atoms with E-state index >= 15 is 0 Å². The zero-order valence-electron chi connectivity index (χ0n) is 15.2. The summed E-state index contributed by atoms with van der Waals surface area (Å²) in [5, 5.41) is 9.67. The largest absolute Gasteiger partial charge is 0.493 e. The molecule has 0 saturated heterocycles. The van der Waals surface area contributed by atoms with Crippen LogP contribution in [0.25, 0.3) is 22.8 Å². The monoisotopic (exact) mass is 360 g/mol. The van der Waals surface area contributed by atoms with Crippen molar-refractivity contribution < 1.29 is 19.4 Å². The molecule has 0 atom stereocenters. The van der Waals surface area contributed by atoms with Crippen molar-refractivity contribution in [2.45, 2.75) is 0 Å². The summed E-state index contributed by atoms with van der Waals surface area (Å²) in [6.07, 6.45) is 1.65. The molecule has 0 spiro atoms. The number of carboxylic acid groups (broad SMARTS) is 1. The van der Waals surface area contributed by atoms with Crippen molar-refractivity contribution in [2.75, 3.05) is 14.2 Å². The second-order valence-corrected chi connectivity index (χ2v) is 5.92. The van der Waals surface area contributed by atoms with Crippen LogP contribution in [0.4, 0.5) is 0 Å². The zero-order valence-corrected chi connectivity index (χ0v) is 15.2. The Morgan fingerprint density at radius 3 is 2.04 bits per heavy atom. The Morgan fingerprint density at radius 1 is 0.815 bits per heavy atom. The molecule has 3 aromatic carbocycles. The van der Waals surface area contributed by atoms with Gasteiger partial charge in [0.15, 0.2) is 11.5 Å². The molecule has 136 valence electrons. The van der Waals surface area contributed by atoms with Gasteiger partial charge in [0.05, 0.1) is 19.8 Å². The quantitative estimate of drug-likeness (QED) is 0.497. The van der Waals surface area contributed by atoms with Gasteiger partial charge >= 0.3 is 5.97 Å². The van der Waals surface area contributed by atoms with E-state index in [4.69, 9.17) is 9.47 Å². The van der Waals surface area contributed by atoms with Gasteiger partial charge in [-0.25, -0.2) is 4.79 Å². The minimum absolute atomic E-state index is 0.184. The van der Waals surface area contributed by atoms with Crippen LogP contribution in [-0.4, -0.2) is 25.3 Å². The fourth-order valence-corrected chi connectivity index (χ4v) is 2.84. The average molecular weight is 360 g/mol. The van der Waals surface area contributed by atoms with E-state index in [1.165, 1.54) is 7.11 Å². The maximum absolute atomic E-state index is 11.8. The van der Waals surface area contributed by atoms with E-state index in [2.05, 4.69) is 0 Å². The van der Waals surface area contributed by atoms with E-state index in [9.17, 15) is 9.90 Å². The van der Waals surface area contributed by atoms with E-state index in [-0.39, 0.29) is 5.57 Å². The van der Waals surface area contributed by atoms with Gasteiger partial charge in [-0.3, -0.25) is 0 Å². The minimum atomic E-state index is -1.01. The standard InChI is InChI=1S/C23H20O4/c1-26-21-13-12-19(15-22(21)27-2)20(23(24)25)14-16-8-10-18(11-9-16)17-6-4-3-5-7-17/h3-15H,1-2H3,(H,24,25)/b20-14+. The van der Waals surface area contributed by atoms with Crippen molar-refractivity contribution >= 4 is 17.6 Å². The zero-order chi connectivity index (χ0) is 19.2. The summed E-state index contributed by atoms with van der Waals surface area (Å²) in [5.41, 5.74) is 3.74. The van der Waals surface area contributed by atoms with Gasteiger partial charge in [-0.1, -0.05) is 60.7 Å². The van der Waals surface area contributed by atoms with Gasteiger partial charge < -0.3 is 14.6 Å². The summed E-state index contributed by atoms with van der Waals surface area (Å²) in [4.78, 5) is 11.8. The maximum atomic E-state index is 11.8. The summed E-state index contributed by atoms with van der Waals surface area (Å²) in [7, 11) is 3.06. The van der Waals surface area contributed by atoms with Crippen molar-refractivity contribution in [1.82, 2.24) is 0 Å². The summed E-state index contributed by atoms with van der Waals surface area (Å²) in [6, 6.07) is 22.9. The highest BCUT2D eigenvalue weighted by molar-refractivity contribution is 6.20. The molecule has 0 fully saturated rings. The number of rotatable bonds is 6. The van der Waals surface area contributed by atoms with Crippen LogP contribution in [0.5, 0.6) is 11.5 Å². The third kappa shape index (κ3) is 4.18. The summed E-state index contributed by atoms with van der Waals surface area (Å²) in [5.74, 6) is 0.0362. The number of ether oxygens (including phenoxy) is 2. The summed E-state index contributed by atoms with van der Waals surface area (Å²) < 4.78 is 10.5. The lowest BCUT2D eigenvalue weighted by molar-refractivity contribution is -0.130. The third-order valence-electron chi connectivity index (χ3n) is 4.25. The number of aliphatic carboxylic acids is 1. The molecule has 4 heteroatoms. The maximum Gasteiger partial charge on any atom is 0.336 e. The topological polar surface area (TPSA) is 55.8 Å². The van der Waals surface area contributed by atoms with Crippen LogP contribution in [0.1, 0.15) is 11.1 Å². The number of hydrogen-bond donors (Lipinski definition) is 1. The predicted octanol–water partition coefficient (Wildman–Crippen LogP) is 5.00. The van der Waals surface area contributed by atoms with Crippen molar-refractivity contribution in [1.29, 1.82) is 0 Å². The highest BCUT2D eigenvalue weighted by Crippen LogP contribution is 2.31. The van der Waals surface area contributed by atoms with Gasteiger partial charge in [0.1, 0.15) is 0 Å². The lowest BCUT2D eigenvalue weighted by atomic mass is 10.00. The smallest absolute Gasteiger partial charge is 0.336 e. The van der Waals surface area contributed by atoms with Crippen LogP contribution in [0.15, 0.2) is 72.8 Å². The molecular weight excluding hydrogens is 340 g/mol. The number of carboxylic acids is 1. The molecule has 0 aliphatic rings. The number of hydrogen-bond acceptors (Lipinski definition) is 3. The van der Waals surface area contributed by atoms with Gasteiger partial charge in [0, 0.05) is 0 Å². The van der Waals surface area contributed by atoms with Crippen LogP contribution in [0, 0.1) is 0 Å². The second-order valence-electron chi connectivity index (χ2n) is 5.92. The molecule has 0 bridgehead atoms. The van der Waals surface area contributed by atoms with Gasteiger partial charge in [-0.2, -0.15) is 0 Å². The molecule has 0 heterocycles. The van der Waals surface area contributed by atoms with Crippen molar-refractivity contribution in [3.63, 3.8) is 0 Å². The van der Waals surface area contributed by atoms with Crippen LogP contribution in [0.3, 0.4) is 0 Å². The molecule has 0 saturated carbocycles.